The lowest BCUT2D eigenvalue weighted by Crippen LogP contribution is -2.34. The molecular weight excluding hydrogens is 360 g/mol. The third kappa shape index (κ3) is 4.14. The summed E-state index contributed by atoms with van der Waals surface area (Å²) in [4.78, 5) is 37.8. The molecule has 1 aliphatic rings. The Labute approximate surface area is 163 Å². The van der Waals surface area contributed by atoms with Gasteiger partial charge in [-0.1, -0.05) is 6.92 Å². The highest BCUT2D eigenvalue weighted by molar-refractivity contribution is 6.23. The number of carbonyl (C=O) groups excluding carboxylic acids is 3. The fourth-order valence-electron chi connectivity index (χ4n) is 2.95. The van der Waals surface area contributed by atoms with E-state index in [1.165, 1.54) is 12.0 Å². The van der Waals surface area contributed by atoms with Gasteiger partial charge in [-0.3, -0.25) is 9.59 Å². The first kappa shape index (κ1) is 19.4. The highest BCUT2D eigenvalue weighted by atomic mass is 16.5. The Balaban J connectivity index is 1.68. The molecule has 1 N–H and O–H groups in total. The number of hydrogen-bond acceptors (Lipinski definition) is 6. The molecule has 1 heterocycles. The van der Waals surface area contributed by atoms with E-state index < -0.39 is 12.0 Å². The monoisotopic (exact) mass is 382 g/mol. The van der Waals surface area contributed by atoms with Gasteiger partial charge in [0, 0.05) is 5.69 Å². The Bertz CT molecular complexity index is 861. The maximum Gasteiger partial charge on any atom is 0.337 e. The molecule has 1 atom stereocenters. The number of amides is 2. The number of rotatable bonds is 7. The molecule has 2 amide bonds. The SMILES string of the molecule is CCCOc1ccc(N2C(=O)CC(Nc3ccc(C(=O)OC)cc3)C2=O)cc1. The third-order valence-electron chi connectivity index (χ3n) is 4.36. The molecule has 3 rings (SSSR count). The van der Waals surface area contributed by atoms with E-state index in [0.717, 1.165) is 6.42 Å². The normalized spacial score (nSPS) is 16.2. The predicted octanol–water partition coefficient (Wildman–Crippen LogP) is 3.01. The Kier molecular flexibility index (Phi) is 5.93. The minimum Gasteiger partial charge on any atom is -0.494 e. The van der Waals surface area contributed by atoms with Gasteiger partial charge >= 0.3 is 5.97 Å². The number of nitrogens with zero attached hydrogens (tertiary/aromatic N) is 1. The minimum atomic E-state index is -0.660. The van der Waals surface area contributed by atoms with Crippen LogP contribution in [0.3, 0.4) is 0 Å². The molecule has 2 aromatic rings. The molecule has 0 aromatic heterocycles. The maximum atomic E-state index is 12.7. The zero-order valence-corrected chi connectivity index (χ0v) is 15.8. The van der Waals surface area contributed by atoms with Gasteiger partial charge in [0.15, 0.2) is 0 Å². The molecule has 0 radical (unpaired) electrons. The summed E-state index contributed by atoms with van der Waals surface area (Å²) < 4.78 is 10.2. The predicted molar refractivity (Wildman–Crippen MR) is 105 cm³/mol. The molecule has 146 valence electrons. The first-order valence-corrected chi connectivity index (χ1v) is 9.08. The van der Waals surface area contributed by atoms with Gasteiger partial charge in [0.25, 0.3) is 5.91 Å². The number of methoxy groups -OCH3 is 1. The van der Waals surface area contributed by atoms with Gasteiger partial charge in [0.2, 0.25) is 5.91 Å². The van der Waals surface area contributed by atoms with E-state index in [2.05, 4.69) is 10.1 Å². The molecule has 0 bridgehead atoms. The Hall–Kier alpha value is -3.35. The van der Waals surface area contributed by atoms with Crippen LogP contribution < -0.4 is 15.0 Å². The smallest absolute Gasteiger partial charge is 0.337 e. The first-order chi connectivity index (χ1) is 13.5. The molecule has 28 heavy (non-hydrogen) atoms. The van der Waals surface area contributed by atoms with Crippen molar-refractivity contribution in [3.8, 4) is 5.75 Å². The van der Waals surface area contributed by atoms with Crippen LogP contribution in [0.2, 0.25) is 0 Å². The second-order valence-electron chi connectivity index (χ2n) is 6.38. The lowest BCUT2D eigenvalue weighted by molar-refractivity contribution is -0.121. The number of anilines is 2. The number of carbonyl (C=O) groups is 3. The van der Waals surface area contributed by atoms with E-state index in [9.17, 15) is 14.4 Å². The summed E-state index contributed by atoms with van der Waals surface area (Å²) >= 11 is 0. The number of benzene rings is 2. The fourth-order valence-corrected chi connectivity index (χ4v) is 2.95. The molecule has 1 unspecified atom stereocenters. The molecule has 0 aliphatic carbocycles. The molecule has 0 saturated carbocycles. The van der Waals surface area contributed by atoms with Gasteiger partial charge in [0.05, 0.1) is 31.4 Å². The van der Waals surface area contributed by atoms with E-state index in [1.54, 1.807) is 48.5 Å². The second-order valence-corrected chi connectivity index (χ2v) is 6.38. The Morgan fingerprint density at radius 1 is 1.11 bits per heavy atom. The van der Waals surface area contributed by atoms with Crippen molar-refractivity contribution in [3.05, 3.63) is 54.1 Å². The molecule has 1 fully saturated rings. The zero-order chi connectivity index (χ0) is 20.1. The van der Waals surface area contributed by atoms with Crippen LogP contribution in [-0.2, 0) is 14.3 Å². The van der Waals surface area contributed by atoms with Crippen LogP contribution in [-0.4, -0.2) is 37.5 Å². The standard InChI is InChI=1S/C21H22N2O5/c1-3-12-28-17-10-8-16(9-11-17)23-19(24)13-18(20(23)25)22-15-6-4-14(5-7-15)21(26)27-2/h4-11,18,22H,3,12-13H2,1-2H3. The molecule has 7 nitrogen and oxygen atoms in total. The fraction of sp³-hybridized carbons (Fsp3) is 0.286. The van der Waals surface area contributed by atoms with Crippen LogP contribution in [0, 0.1) is 0 Å². The Morgan fingerprint density at radius 3 is 2.39 bits per heavy atom. The van der Waals surface area contributed by atoms with Crippen LogP contribution in [0.4, 0.5) is 11.4 Å². The highest BCUT2D eigenvalue weighted by Gasteiger charge is 2.39. The van der Waals surface area contributed by atoms with Crippen molar-refractivity contribution in [2.24, 2.45) is 0 Å². The van der Waals surface area contributed by atoms with Crippen molar-refractivity contribution >= 4 is 29.2 Å². The van der Waals surface area contributed by atoms with Crippen LogP contribution >= 0.6 is 0 Å². The van der Waals surface area contributed by atoms with Gasteiger partial charge in [-0.2, -0.15) is 0 Å². The summed E-state index contributed by atoms with van der Waals surface area (Å²) in [5.74, 6) is -0.318. The van der Waals surface area contributed by atoms with E-state index in [1.807, 2.05) is 6.92 Å². The average molecular weight is 382 g/mol. The number of ether oxygens (including phenoxy) is 2. The number of nitrogens with one attached hydrogen (secondary N) is 1. The summed E-state index contributed by atoms with van der Waals surface area (Å²) in [6, 6.07) is 12.8. The van der Waals surface area contributed by atoms with Gasteiger partial charge in [-0.15, -0.1) is 0 Å². The van der Waals surface area contributed by atoms with E-state index >= 15 is 0 Å². The molecule has 0 spiro atoms. The topological polar surface area (TPSA) is 84.9 Å². The summed E-state index contributed by atoms with van der Waals surface area (Å²) in [5.41, 5.74) is 1.57. The Morgan fingerprint density at radius 2 is 1.79 bits per heavy atom. The maximum absolute atomic E-state index is 12.7. The summed E-state index contributed by atoms with van der Waals surface area (Å²) in [6.45, 7) is 2.63. The summed E-state index contributed by atoms with van der Waals surface area (Å²) in [5, 5.41) is 3.06. The van der Waals surface area contributed by atoms with Crippen molar-refractivity contribution in [2.75, 3.05) is 23.9 Å². The summed E-state index contributed by atoms with van der Waals surface area (Å²) in [7, 11) is 1.31. The van der Waals surface area contributed by atoms with Crippen LogP contribution in [0.1, 0.15) is 30.1 Å². The largest absolute Gasteiger partial charge is 0.494 e. The van der Waals surface area contributed by atoms with Crippen LogP contribution in [0.15, 0.2) is 48.5 Å². The van der Waals surface area contributed by atoms with Gasteiger partial charge < -0.3 is 14.8 Å². The lowest BCUT2D eigenvalue weighted by atomic mass is 10.2. The van der Waals surface area contributed by atoms with Gasteiger partial charge in [-0.25, -0.2) is 9.69 Å². The number of hydrogen-bond donors (Lipinski definition) is 1. The number of esters is 1. The first-order valence-electron chi connectivity index (χ1n) is 9.08. The molecular formula is C21H22N2O5. The zero-order valence-electron chi connectivity index (χ0n) is 15.8. The van der Waals surface area contributed by atoms with Crippen LogP contribution in [0.25, 0.3) is 0 Å². The average Bonchev–Trinajstić information content (AvgIpc) is 3.00. The lowest BCUT2D eigenvalue weighted by Gasteiger charge is -2.16. The molecule has 1 saturated heterocycles. The second kappa shape index (κ2) is 8.56. The molecule has 1 aliphatic heterocycles. The molecule has 7 heteroatoms. The van der Waals surface area contributed by atoms with Crippen LogP contribution in [0.5, 0.6) is 5.75 Å². The van der Waals surface area contributed by atoms with E-state index in [4.69, 9.17) is 4.74 Å². The summed E-state index contributed by atoms with van der Waals surface area (Å²) in [6.07, 6.45) is 0.963. The van der Waals surface area contributed by atoms with Crippen molar-refractivity contribution < 1.29 is 23.9 Å². The van der Waals surface area contributed by atoms with Crippen molar-refractivity contribution in [1.29, 1.82) is 0 Å². The van der Waals surface area contributed by atoms with Crippen molar-refractivity contribution in [2.45, 2.75) is 25.8 Å². The van der Waals surface area contributed by atoms with Gasteiger partial charge in [0.1, 0.15) is 11.8 Å². The highest BCUT2D eigenvalue weighted by Crippen LogP contribution is 2.27. The van der Waals surface area contributed by atoms with Gasteiger partial charge in [-0.05, 0) is 55.0 Å². The van der Waals surface area contributed by atoms with Crippen molar-refractivity contribution in [3.63, 3.8) is 0 Å². The van der Waals surface area contributed by atoms with Crippen molar-refractivity contribution in [1.82, 2.24) is 0 Å². The number of imide groups is 1. The quantitative estimate of drug-likeness (QED) is 0.585. The minimum absolute atomic E-state index is 0.0612. The van der Waals surface area contributed by atoms with E-state index in [-0.39, 0.29) is 18.2 Å². The molecule has 2 aromatic carbocycles. The third-order valence-corrected chi connectivity index (χ3v) is 4.36. The van der Waals surface area contributed by atoms with E-state index in [0.29, 0.717) is 29.3 Å².